The van der Waals surface area contributed by atoms with Crippen LogP contribution in [0.3, 0.4) is 0 Å². The molecule has 0 saturated heterocycles. The predicted octanol–water partition coefficient (Wildman–Crippen LogP) is 2.58. The van der Waals surface area contributed by atoms with Gasteiger partial charge in [0.15, 0.2) is 17.7 Å². The Bertz CT molecular complexity index is 395. The zero-order valence-corrected chi connectivity index (χ0v) is 9.22. The van der Waals surface area contributed by atoms with E-state index in [9.17, 15) is 13.6 Å². The van der Waals surface area contributed by atoms with E-state index in [1.165, 1.54) is 6.92 Å². The molecule has 1 N–H and O–H groups in total. The lowest BCUT2D eigenvalue weighted by atomic mass is 10.3. The van der Waals surface area contributed by atoms with Gasteiger partial charge in [-0.3, -0.25) is 0 Å². The summed E-state index contributed by atoms with van der Waals surface area (Å²) < 4.78 is 30.9. The van der Waals surface area contributed by atoms with E-state index in [4.69, 9.17) is 9.84 Å². The zero-order valence-electron chi connectivity index (χ0n) is 7.63. The molecule has 0 aromatic heterocycles. The van der Waals surface area contributed by atoms with Gasteiger partial charge in [0.2, 0.25) is 5.82 Å². The first-order chi connectivity index (χ1) is 6.91. The topological polar surface area (TPSA) is 46.5 Å². The fourth-order valence-electron chi connectivity index (χ4n) is 0.859. The highest BCUT2D eigenvalue weighted by Gasteiger charge is 2.17. The molecule has 0 unspecified atom stereocenters. The summed E-state index contributed by atoms with van der Waals surface area (Å²) in [6.45, 7) is 1.22. The summed E-state index contributed by atoms with van der Waals surface area (Å²) in [7, 11) is 0. The molecule has 0 aliphatic heterocycles. The first-order valence-corrected chi connectivity index (χ1v) is 4.75. The SMILES string of the molecule is C[C@H](Oc1cc(Br)cc(F)c1F)C(=O)O. The first kappa shape index (κ1) is 11.9. The molecule has 6 heteroatoms. The smallest absolute Gasteiger partial charge is 0.344 e. The number of benzene rings is 1. The second-order valence-electron chi connectivity index (χ2n) is 2.80. The van der Waals surface area contributed by atoms with Crippen LogP contribution in [0.15, 0.2) is 16.6 Å². The molecular weight excluding hydrogens is 274 g/mol. The van der Waals surface area contributed by atoms with E-state index in [0.717, 1.165) is 12.1 Å². The quantitative estimate of drug-likeness (QED) is 0.866. The molecule has 15 heavy (non-hydrogen) atoms. The maximum absolute atomic E-state index is 13.1. The van der Waals surface area contributed by atoms with Gasteiger partial charge in [-0.2, -0.15) is 4.39 Å². The van der Waals surface area contributed by atoms with E-state index in [1.807, 2.05) is 0 Å². The lowest BCUT2D eigenvalue weighted by molar-refractivity contribution is -0.144. The maximum Gasteiger partial charge on any atom is 0.344 e. The molecule has 1 aromatic carbocycles. The Balaban J connectivity index is 2.99. The first-order valence-electron chi connectivity index (χ1n) is 3.96. The number of halogens is 3. The number of carboxylic acid groups (broad SMARTS) is 1. The van der Waals surface area contributed by atoms with Crippen molar-refractivity contribution in [2.24, 2.45) is 0 Å². The number of carboxylic acids is 1. The Labute approximate surface area is 92.8 Å². The standard InChI is InChI=1S/C9H7BrF2O3/c1-4(9(13)14)15-7-3-5(10)2-6(11)8(7)12/h2-4H,1H3,(H,13,14)/t4-/m0/s1. The van der Waals surface area contributed by atoms with Crippen molar-refractivity contribution in [3.8, 4) is 5.75 Å². The van der Waals surface area contributed by atoms with Gasteiger partial charge in [-0.15, -0.1) is 0 Å². The minimum atomic E-state index is -1.25. The lowest BCUT2D eigenvalue weighted by Gasteiger charge is -2.11. The van der Waals surface area contributed by atoms with Crippen LogP contribution in [0, 0.1) is 11.6 Å². The number of rotatable bonds is 3. The van der Waals surface area contributed by atoms with E-state index in [-0.39, 0.29) is 4.47 Å². The molecule has 0 amide bonds. The van der Waals surface area contributed by atoms with Crippen LogP contribution >= 0.6 is 15.9 Å². The Morgan fingerprint density at radius 3 is 2.67 bits per heavy atom. The third-order valence-electron chi connectivity index (χ3n) is 1.61. The number of carbonyl (C=O) groups is 1. The number of hydrogen-bond donors (Lipinski definition) is 1. The van der Waals surface area contributed by atoms with Crippen molar-refractivity contribution in [2.75, 3.05) is 0 Å². The van der Waals surface area contributed by atoms with Gasteiger partial charge in [-0.1, -0.05) is 15.9 Å². The number of aliphatic carboxylic acids is 1. The normalized spacial score (nSPS) is 12.3. The molecule has 1 aromatic rings. The van der Waals surface area contributed by atoms with Gasteiger partial charge in [-0.05, 0) is 19.1 Å². The van der Waals surface area contributed by atoms with Gasteiger partial charge in [-0.25, -0.2) is 9.18 Å². The van der Waals surface area contributed by atoms with Crippen LogP contribution in [0.4, 0.5) is 8.78 Å². The van der Waals surface area contributed by atoms with E-state index in [0.29, 0.717) is 0 Å². The fraction of sp³-hybridized carbons (Fsp3) is 0.222. The summed E-state index contributed by atoms with van der Waals surface area (Å²) in [6, 6.07) is 2.09. The summed E-state index contributed by atoms with van der Waals surface area (Å²) in [5.41, 5.74) is 0. The second kappa shape index (κ2) is 4.57. The minimum Gasteiger partial charge on any atom is -0.479 e. The van der Waals surface area contributed by atoms with Crippen LogP contribution in [0.25, 0.3) is 0 Å². The van der Waals surface area contributed by atoms with E-state index in [1.54, 1.807) is 0 Å². The molecule has 0 fully saturated rings. The summed E-state index contributed by atoms with van der Waals surface area (Å²) in [6.07, 6.45) is -1.24. The summed E-state index contributed by atoms with van der Waals surface area (Å²) in [5, 5.41) is 8.52. The van der Waals surface area contributed by atoms with Crippen molar-refractivity contribution < 1.29 is 23.4 Å². The zero-order chi connectivity index (χ0) is 11.6. The van der Waals surface area contributed by atoms with E-state index in [2.05, 4.69) is 15.9 Å². The predicted molar refractivity (Wildman–Crippen MR) is 51.8 cm³/mol. The maximum atomic E-state index is 13.1. The van der Waals surface area contributed by atoms with Crippen molar-refractivity contribution in [2.45, 2.75) is 13.0 Å². The Morgan fingerprint density at radius 1 is 1.53 bits per heavy atom. The van der Waals surface area contributed by atoms with Crippen LogP contribution < -0.4 is 4.74 Å². The number of ether oxygens (including phenoxy) is 1. The highest BCUT2D eigenvalue weighted by Crippen LogP contribution is 2.26. The third kappa shape index (κ3) is 2.89. The van der Waals surface area contributed by atoms with E-state index < -0.39 is 29.5 Å². The molecule has 82 valence electrons. The average Bonchev–Trinajstić information content (AvgIpc) is 2.13. The molecule has 0 bridgehead atoms. The third-order valence-corrected chi connectivity index (χ3v) is 2.07. The van der Waals surface area contributed by atoms with Crippen LogP contribution in [0.1, 0.15) is 6.92 Å². The van der Waals surface area contributed by atoms with Gasteiger partial charge in [0.1, 0.15) is 0 Å². The molecule has 0 aliphatic rings. The van der Waals surface area contributed by atoms with Gasteiger partial charge in [0.05, 0.1) is 0 Å². The average molecular weight is 281 g/mol. The molecule has 0 heterocycles. The van der Waals surface area contributed by atoms with Crippen LogP contribution in [0.2, 0.25) is 0 Å². The van der Waals surface area contributed by atoms with Crippen LogP contribution in [-0.4, -0.2) is 17.2 Å². The lowest BCUT2D eigenvalue weighted by Crippen LogP contribution is -2.23. The monoisotopic (exact) mass is 280 g/mol. The molecule has 0 spiro atoms. The summed E-state index contributed by atoms with van der Waals surface area (Å²) >= 11 is 2.94. The van der Waals surface area contributed by atoms with Crippen molar-refractivity contribution >= 4 is 21.9 Å². The second-order valence-corrected chi connectivity index (χ2v) is 3.71. The van der Waals surface area contributed by atoms with Gasteiger partial charge in [0, 0.05) is 4.47 Å². The Kier molecular flexibility index (Phi) is 3.62. The molecule has 1 rings (SSSR count). The molecule has 1 atom stereocenters. The van der Waals surface area contributed by atoms with Gasteiger partial charge < -0.3 is 9.84 Å². The Morgan fingerprint density at radius 2 is 2.13 bits per heavy atom. The van der Waals surface area contributed by atoms with Crippen LogP contribution in [0.5, 0.6) is 5.75 Å². The summed E-state index contributed by atoms with van der Waals surface area (Å²) in [4.78, 5) is 10.4. The van der Waals surface area contributed by atoms with Crippen LogP contribution in [-0.2, 0) is 4.79 Å². The number of hydrogen-bond acceptors (Lipinski definition) is 2. The fourth-order valence-corrected chi connectivity index (χ4v) is 1.27. The molecule has 0 radical (unpaired) electrons. The summed E-state index contributed by atoms with van der Waals surface area (Å²) in [5.74, 6) is -3.99. The molecule has 3 nitrogen and oxygen atoms in total. The minimum absolute atomic E-state index is 0.272. The molecule has 0 saturated carbocycles. The van der Waals surface area contributed by atoms with Gasteiger partial charge in [0.25, 0.3) is 0 Å². The van der Waals surface area contributed by atoms with Crippen molar-refractivity contribution in [1.29, 1.82) is 0 Å². The highest BCUT2D eigenvalue weighted by molar-refractivity contribution is 9.10. The van der Waals surface area contributed by atoms with Crippen molar-refractivity contribution in [3.63, 3.8) is 0 Å². The Hall–Kier alpha value is -1.17. The molecule has 0 aliphatic carbocycles. The van der Waals surface area contributed by atoms with Crippen molar-refractivity contribution in [1.82, 2.24) is 0 Å². The largest absolute Gasteiger partial charge is 0.479 e. The molecular formula is C9H7BrF2O3. The van der Waals surface area contributed by atoms with Crippen molar-refractivity contribution in [3.05, 3.63) is 28.2 Å². The highest BCUT2D eigenvalue weighted by atomic mass is 79.9. The van der Waals surface area contributed by atoms with E-state index >= 15 is 0 Å². The van der Waals surface area contributed by atoms with Gasteiger partial charge >= 0.3 is 5.97 Å².